The predicted molar refractivity (Wildman–Crippen MR) is 183 cm³/mol. The summed E-state index contributed by atoms with van der Waals surface area (Å²) in [5, 5.41) is 4.93. The molecule has 3 aromatic heterocycles. The van der Waals surface area contributed by atoms with Gasteiger partial charge in [0.1, 0.15) is 0 Å². The summed E-state index contributed by atoms with van der Waals surface area (Å²) in [6, 6.07) is 50.9. The van der Waals surface area contributed by atoms with Crippen LogP contribution in [0.15, 0.2) is 146 Å². The fraction of sp³-hybridized carbons (Fsp3) is 0. The SMILES string of the molecule is c1ccc(-c2nc(-c3cccc(-c4ccc5sc6ccccc6c5c4)c3)nc(-n3c4ccccc4c4ccccc43)n2)cc1. The smallest absolute Gasteiger partial charge is 0.238 e. The van der Waals surface area contributed by atoms with Gasteiger partial charge in [-0.05, 0) is 47.5 Å². The van der Waals surface area contributed by atoms with Crippen LogP contribution in [0.4, 0.5) is 0 Å². The first kappa shape index (κ1) is 24.9. The fourth-order valence-electron chi connectivity index (χ4n) is 6.19. The Morgan fingerprint density at radius 3 is 1.73 bits per heavy atom. The molecule has 206 valence electrons. The highest BCUT2D eigenvalue weighted by molar-refractivity contribution is 7.25. The molecule has 0 fully saturated rings. The summed E-state index contributed by atoms with van der Waals surface area (Å²) in [6.07, 6.45) is 0. The summed E-state index contributed by atoms with van der Waals surface area (Å²) in [5.74, 6) is 1.88. The Hall–Kier alpha value is -5.65. The van der Waals surface area contributed by atoms with Crippen LogP contribution in [0.25, 0.3) is 81.8 Å². The minimum atomic E-state index is 0.600. The van der Waals surface area contributed by atoms with Crippen LogP contribution in [-0.4, -0.2) is 19.5 Å². The van der Waals surface area contributed by atoms with Gasteiger partial charge in [-0.1, -0.05) is 109 Å². The van der Waals surface area contributed by atoms with Gasteiger partial charge < -0.3 is 0 Å². The molecule has 0 amide bonds. The van der Waals surface area contributed by atoms with Gasteiger partial charge >= 0.3 is 0 Å². The third kappa shape index (κ3) is 4.02. The van der Waals surface area contributed by atoms with Crippen molar-refractivity contribution < 1.29 is 0 Å². The summed E-state index contributed by atoms with van der Waals surface area (Å²) in [7, 11) is 0. The lowest BCUT2D eigenvalue weighted by Crippen LogP contribution is -2.06. The number of benzene rings is 6. The van der Waals surface area contributed by atoms with Crippen molar-refractivity contribution in [1.29, 1.82) is 0 Å². The van der Waals surface area contributed by atoms with E-state index < -0.39 is 0 Å². The van der Waals surface area contributed by atoms with E-state index in [2.05, 4.69) is 120 Å². The predicted octanol–water partition coefficient (Wildman–Crippen LogP) is 10.3. The Morgan fingerprint density at radius 1 is 0.386 bits per heavy atom. The van der Waals surface area contributed by atoms with Crippen LogP contribution < -0.4 is 0 Å². The third-order valence-electron chi connectivity index (χ3n) is 8.27. The van der Waals surface area contributed by atoms with Gasteiger partial charge in [0.25, 0.3) is 0 Å². The second kappa shape index (κ2) is 9.97. The van der Waals surface area contributed by atoms with Gasteiger partial charge in [-0.3, -0.25) is 4.57 Å². The van der Waals surface area contributed by atoms with E-state index in [1.54, 1.807) is 0 Å². The van der Waals surface area contributed by atoms with Crippen LogP contribution >= 0.6 is 11.3 Å². The molecule has 0 atom stereocenters. The van der Waals surface area contributed by atoms with Crippen molar-refractivity contribution in [3.8, 4) is 39.9 Å². The zero-order valence-electron chi connectivity index (χ0n) is 23.6. The van der Waals surface area contributed by atoms with Gasteiger partial charge in [-0.2, -0.15) is 9.97 Å². The molecule has 0 radical (unpaired) electrons. The summed E-state index contributed by atoms with van der Waals surface area (Å²) in [5.41, 5.74) is 6.32. The molecule has 5 heteroatoms. The molecule has 0 N–H and O–H groups in total. The van der Waals surface area contributed by atoms with Gasteiger partial charge in [0.2, 0.25) is 5.95 Å². The maximum absolute atomic E-state index is 5.13. The van der Waals surface area contributed by atoms with E-state index in [4.69, 9.17) is 15.0 Å². The molecule has 0 aliphatic rings. The van der Waals surface area contributed by atoms with Crippen molar-refractivity contribution in [3.05, 3.63) is 146 Å². The van der Waals surface area contributed by atoms with Gasteiger partial charge in [0.15, 0.2) is 11.6 Å². The Labute approximate surface area is 257 Å². The number of thiophene rings is 1. The number of para-hydroxylation sites is 2. The first-order chi connectivity index (χ1) is 21.8. The minimum Gasteiger partial charge on any atom is -0.278 e. The molecular formula is C39H24N4S. The number of nitrogens with zero attached hydrogens (tertiary/aromatic N) is 4. The lowest BCUT2D eigenvalue weighted by atomic mass is 10.0. The summed E-state index contributed by atoms with van der Waals surface area (Å²) in [6.45, 7) is 0. The molecule has 44 heavy (non-hydrogen) atoms. The monoisotopic (exact) mass is 580 g/mol. The third-order valence-corrected chi connectivity index (χ3v) is 9.42. The molecule has 4 nitrogen and oxygen atoms in total. The topological polar surface area (TPSA) is 43.6 Å². The molecule has 0 spiro atoms. The lowest BCUT2D eigenvalue weighted by Gasteiger charge is -2.11. The van der Waals surface area contributed by atoms with E-state index >= 15 is 0 Å². The molecular weight excluding hydrogens is 557 g/mol. The summed E-state index contributed by atoms with van der Waals surface area (Å²) in [4.78, 5) is 15.2. The molecule has 0 aliphatic heterocycles. The van der Waals surface area contributed by atoms with Crippen molar-refractivity contribution in [3.63, 3.8) is 0 Å². The molecule has 0 aliphatic carbocycles. The van der Waals surface area contributed by atoms with Crippen molar-refractivity contribution in [2.24, 2.45) is 0 Å². The highest BCUT2D eigenvalue weighted by atomic mass is 32.1. The van der Waals surface area contributed by atoms with Gasteiger partial charge in [0, 0.05) is 42.1 Å². The van der Waals surface area contributed by atoms with Gasteiger partial charge in [-0.15, -0.1) is 11.3 Å². The zero-order valence-corrected chi connectivity index (χ0v) is 24.4. The standard InChI is InChI=1S/C39H24N4S/c1-2-11-25(12-3-1)37-40-38(42-39(41-37)43-33-18-7-4-15-29(33)30-16-5-8-19-34(30)43)28-14-10-13-26(23-28)27-21-22-36-32(24-27)31-17-6-9-20-35(31)44-36/h1-24H. The van der Waals surface area contributed by atoms with Crippen LogP contribution in [0, 0.1) is 0 Å². The van der Waals surface area contributed by atoms with Crippen LogP contribution in [-0.2, 0) is 0 Å². The highest BCUT2D eigenvalue weighted by Crippen LogP contribution is 2.37. The van der Waals surface area contributed by atoms with E-state index in [1.165, 1.54) is 36.5 Å². The normalized spacial score (nSPS) is 11.6. The van der Waals surface area contributed by atoms with E-state index in [9.17, 15) is 0 Å². The van der Waals surface area contributed by atoms with Crippen LogP contribution in [0.2, 0.25) is 0 Å². The quantitative estimate of drug-likeness (QED) is 0.208. The first-order valence-electron chi connectivity index (χ1n) is 14.6. The van der Waals surface area contributed by atoms with Crippen molar-refractivity contribution >= 4 is 53.3 Å². The van der Waals surface area contributed by atoms with Gasteiger partial charge in [-0.25, -0.2) is 4.98 Å². The van der Waals surface area contributed by atoms with Crippen LogP contribution in [0.5, 0.6) is 0 Å². The number of aromatic nitrogens is 4. The van der Waals surface area contributed by atoms with E-state index in [0.717, 1.165) is 27.7 Å². The Balaban J connectivity index is 1.25. The highest BCUT2D eigenvalue weighted by Gasteiger charge is 2.18. The van der Waals surface area contributed by atoms with E-state index in [1.807, 2.05) is 41.7 Å². The molecule has 0 saturated heterocycles. The fourth-order valence-corrected chi connectivity index (χ4v) is 7.28. The maximum atomic E-state index is 5.13. The Bertz CT molecular complexity index is 2460. The molecule has 6 aromatic carbocycles. The van der Waals surface area contributed by atoms with Crippen molar-refractivity contribution in [2.75, 3.05) is 0 Å². The first-order valence-corrected chi connectivity index (χ1v) is 15.4. The van der Waals surface area contributed by atoms with Gasteiger partial charge in [0.05, 0.1) is 11.0 Å². The minimum absolute atomic E-state index is 0.600. The molecule has 0 saturated carbocycles. The van der Waals surface area contributed by atoms with Crippen LogP contribution in [0.3, 0.4) is 0 Å². The maximum Gasteiger partial charge on any atom is 0.238 e. The molecule has 0 unspecified atom stereocenters. The second-order valence-corrected chi connectivity index (χ2v) is 12.0. The number of hydrogen-bond acceptors (Lipinski definition) is 4. The molecule has 9 aromatic rings. The van der Waals surface area contributed by atoms with E-state index in [0.29, 0.717) is 17.6 Å². The summed E-state index contributed by atoms with van der Waals surface area (Å²) >= 11 is 1.84. The Kier molecular flexibility index (Phi) is 5.64. The van der Waals surface area contributed by atoms with E-state index in [-0.39, 0.29) is 0 Å². The average Bonchev–Trinajstić information content (AvgIpc) is 3.64. The zero-order chi connectivity index (χ0) is 29.0. The lowest BCUT2D eigenvalue weighted by molar-refractivity contribution is 0.953. The van der Waals surface area contributed by atoms with Crippen molar-refractivity contribution in [1.82, 2.24) is 19.5 Å². The largest absolute Gasteiger partial charge is 0.278 e. The molecule has 9 rings (SSSR count). The number of rotatable bonds is 4. The molecule has 0 bridgehead atoms. The Morgan fingerprint density at radius 2 is 0.955 bits per heavy atom. The number of hydrogen-bond donors (Lipinski definition) is 0. The average molecular weight is 581 g/mol. The number of fused-ring (bicyclic) bond motifs is 6. The second-order valence-electron chi connectivity index (χ2n) is 10.9. The van der Waals surface area contributed by atoms with Crippen LogP contribution in [0.1, 0.15) is 0 Å². The molecule has 3 heterocycles. The summed E-state index contributed by atoms with van der Waals surface area (Å²) < 4.78 is 4.76. The van der Waals surface area contributed by atoms with Crippen molar-refractivity contribution in [2.45, 2.75) is 0 Å².